The van der Waals surface area contributed by atoms with Gasteiger partial charge in [0.15, 0.2) is 11.6 Å². The summed E-state index contributed by atoms with van der Waals surface area (Å²) in [4.78, 5) is 0. The van der Waals surface area contributed by atoms with Crippen LogP contribution in [0.15, 0.2) is 12.1 Å². The van der Waals surface area contributed by atoms with E-state index >= 15 is 0 Å². The Kier molecular flexibility index (Phi) is 3.52. The molecule has 0 amide bonds. The van der Waals surface area contributed by atoms with E-state index in [0.29, 0.717) is 12.5 Å². The Hall–Kier alpha value is -1.03. The van der Waals surface area contributed by atoms with Gasteiger partial charge in [0, 0.05) is 12.1 Å². The summed E-state index contributed by atoms with van der Waals surface area (Å²) in [6.45, 7) is 1.83. The molecule has 0 saturated carbocycles. The van der Waals surface area contributed by atoms with E-state index in [1.165, 1.54) is 0 Å². The van der Waals surface area contributed by atoms with E-state index in [2.05, 4.69) is 5.32 Å². The predicted octanol–water partition coefficient (Wildman–Crippen LogP) is 2.25. The quantitative estimate of drug-likeness (QED) is 0.743. The third-order valence-electron chi connectivity index (χ3n) is 2.11. The van der Waals surface area contributed by atoms with Crippen LogP contribution in [0.1, 0.15) is 12.5 Å². The fraction of sp³-hybridized carbons (Fsp3) is 0.400. The van der Waals surface area contributed by atoms with Crippen molar-refractivity contribution in [2.45, 2.75) is 19.4 Å². The van der Waals surface area contributed by atoms with Crippen molar-refractivity contribution >= 4 is 0 Å². The Bertz CT molecular complexity index is 325. The summed E-state index contributed by atoms with van der Waals surface area (Å²) in [5, 5.41) is 2.89. The van der Waals surface area contributed by atoms with E-state index in [1.807, 2.05) is 6.92 Å². The van der Waals surface area contributed by atoms with Crippen molar-refractivity contribution in [1.29, 1.82) is 0 Å². The Morgan fingerprint density at radius 3 is 2.29 bits per heavy atom. The minimum absolute atomic E-state index is 0.0226. The standard InChI is InChI=1S/C10H12F3N/c1-6(14-2)3-7-4-9(12)10(13)5-8(7)11/h4-6,14H,3H2,1-2H3. The average molecular weight is 203 g/mol. The molecule has 0 aliphatic heterocycles. The third kappa shape index (κ3) is 2.48. The van der Waals surface area contributed by atoms with Crippen LogP contribution in [-0.2, 0) is 6.42 Å². The van der Waals surface area contributed by atoms with E-state index in [0.717, 1.165) is 6.07 Å². The van der Waals surface area contributed by atoms with Crippen molar-refractivity contribution in [2.24, 2.45) is 0 Å². The molecule has 0 bridgehead atoms. The highest BCUT2D eigenvalue weighted by molar-refractivity contribution is 5.20. The van der Waals surface area contributed by atoms with E-state index < -0.39 is 17.5 Å². The molecule has 0 aliphatic rings. The van der Waals surface area contributed by atoms with Crippen LogP contribution in [0, 0.1) is 17.5 Å². The zero-order valence-electron chi connectivity index (χ0n) is 8.07. The van der Waals surface area contributed by atoms with Gasteiger partial charge in [0.05, 0.1) is 0 Å². The van der Waals surface area contributed by atoms with E-state index in [1.54, 1.807) is 7.05 Å². The van der Waals surface area contributed by atoms with Crippen molar-refractivity contribution in [3.8, 4) is 0 Å². The summed E-state index contributed by atoms with van der Waals surface area (Å²) < 4.78 is 38.4. The minimum Gasteiger partial charge on any atom is -0.317 e. The molecule has 0 spiro atoms. The summed E-state index contributed by atoms with van der Waals surface area (Å²) in [5.74, 6) is -2.86. The Labute approximate surface area is 80.9 Å². The van der Waals surface area contributed by atoms with Gasteiger partial charge in [0.2, 0.25) is 0 Å². The third-order valence-corrected chi connectivity index (χ3v) is 2.11. The second-order valence-corrected chi connectivity index (χ2v) is 3.25. The van der Waals surface area contributed by atoms with E-state index in [9.17, 15) is 13.2 Å². The van der Waals surface area contributed by atoms with Gasteiger partial charge in [-0.15, -0.1) is 0 Å². The molecule has 0 radical (unpaired) electrons. The average Bonchev–Trinajstić information content (AvgIpc) is 2.14. The molecule has 78 valence electrons. The molecule has 1 aromatic rings. The van der Waals surface area contributed by atoms with Crippen LogP contribution >= 0.6 is 0 Å². The molecule has 1 aromatic carbocycles. The maximum Gasteiger partial charge on any atom is 0.161 e. The van der Waals surface area contributed by atoms with Crippen LogP contribution in [0.3, 0.4) is 0 Å². The molecular formula is C10H12F3N. The number of benzene rings is 1. The van der Waals surface area contributed by atoms with Gasteiger partial charge in [-0.25, -0.2) is 13.2 Å². The molecule has 1 N–H and O–H groups in total. The molecule has 14 heavy (non-hydrogen) atoms. The van der Waals surface area contributed by atoms with Crippen LogP contribution in [0.25, 0.3) is 0 Å². The summed E-state index contributed by atoms with van der Waals surface area (Å²) in [5.41, 5.74) is 0.186. The molecule has 0 fully saturated rings. The van der Waals surface area contributed by atoms with Gasteiger partial charge in [-0.05, 0) is 32.0 Å². The molecule has 1 atom stereocenters. The summed E-state index contributed by atoms with van der Waals surface area (Å²) in [6.07, 6.45) is 0.333. The normalized spacial score (nSPS) is 12.9. The topological polar surface area (TPSA) is 12.0 Å². The Morgan fingerprint density at radius 1 is 1.14 bits per heavy atom. The number of nitrogens with one attached hydrogen (secondary N) is 1. The minimum atomic E-state index is -1.15. The molecule has 0 saturated heterocycles. The lowest BCUT2D eigenvalue weighted by atomic mass is 10.1. The molecule has 1 unspecified atom stereocenters. The molecule has 0 aliphatic carbocycles. The maximum absolute atomic E-state index is 13.1. The van der Waals surface area contributed by atoms with Crippen LogP contribution in [0.5, 0.6) is 0 Å². The number of hydrogen-bond acceptors (Lipinski definition) is 1. The first kappa shape index (κ1) is 11.0. The molecule has 1 rings (SSSR count). The van der Waals surface area contributed by atoms with Gasteiger partial charge in [-0.1, -0.05) is 0 Å². The predicted molar refractivity (Wildman–Crippen MR) is 48.5 cm³/mol. The highest BCUT2D eigenvalue weighted by Crippen LogP contribution is 2.15. The van der Waals surface area contributed by atoms with Crippen LogP contribution in [-0.4, -0.2) is 13.1 Å². The first-order chi connectivity index (χ1) is 6.54. The van der Waals surface area contributed by atoms with Crippen LogP contribution < -0.4 is 5.32 Å². The first-order valence-corrected chi connectivity index (χ1v) is 4.35. The van der Waals surface area contributed by atoms with Gasteiger partial charge in [0.1, 0.15) is 5.82 Å². The van der Waals surface area contributed by atoms with Gasteiger partial charge < -0.3 is 5.32 Å². The fourth-order valence-corrected chi connectivity index (χ4v) is 1.15. The summed E-state index contributed by atoms with van der Waals surface area (Å²) >= 11 is 0. The monoisotopic (exact) mass is 203 g/mol. The van der Waals surface area contributed by atoms with Crippen LogP contribution in [0.2, 0.25) is 0 Å². The van der Waals surface area contributed by atoms with Gasteiger partial charge in [-0.3, -0.25) is 0 Å². The number of likely N-dealkylation sites (N-methyl/N-ethyl adjacent to an activating group) is 1. The Balaban J connectivity index is 2.92. The van der Waals surface area contributed by atoms with Gasteiger partial charge >= 0.3 is 0 Å². The molecule has 4 heteroatoms. The van der Waals surface area contributed by atoms with E-state index in [4.69, 9.17) is 0 Å². The fourth-order valence-electron chi connectivity index (χ4n) is 1.15. The second kappa shape index (κ2) is 4.46. The van der Waals surface area contributed by atoms with Gasteiger partial charge in [0.25, 0.3) is 0 Å². The van der Waals surface area contributed by atoms with Gasteiger partial charge in [-0.2, -0.15) is 0 Å². The number of hydrogen-bond donors (Lipinski definition) is 1. The summed E-state index contributed by atoms with van der Waals surface area (Å²) in [7, 11) is 1.72. The van der Waals surface area contributed by atoms with Crippen molar-refractivity contribution in [2.75, 3.05) is 7.05 Å². The van der Waals surface area contributed by atoms with E-state index in [-0.39, 0.29) is 11.6 Å². The van der Waals surface area contributed by atoms with Crippen molar-refractivity contribution in [1.82, 2.24) is 5.32 Å². The molecular weight excluding hydrogens is 191 g/mol. The van der Waals surface area contributed by atoms with Crippen molar-refractivity contribution in [3.63, 3.8) is 0 Å². The maximum atomic E-state index is 13.1. The zero-order valence-corrected chi connectivity index (χ0v) is 8.07. The lowest BCUT2D eigenvalue weighted by Gasteiger charge is -2.10. The highest BCUT2D eigenvalue weighted by atomic mass is 19.2. The molecule has 1 nitrogen and oxygen atoms in total. The summed E-state index contributed by atoms with van der Waals surface area (Å²) in [6, 6.07) is 1.50. The first-order valence-electron chi connectivity index (χ1n) is 4.35. The van der Waals surface area contributed by atoms with Crippen LogP contribution in [0.4, 0.5) is 13.2 Å². The lowest BCUT2D eigenvalue weighted by Crippen LogP contribution is -2.24. The lowest BCUT2D eigenvalue weighted by molar-refractivity contribution is 0.485. The Morgan fingerprint density at radius 2 is 1.71 bits per heavy atom. The largest absolute Gasteiger partial charge is 0.317 e. The molecule has 0 heterocycles. The molecule has 0 aromatic heterocycles. The second-order valence-electron chi connectivity index (χ2n) is 3.25. The zero-order chi connectivity index (χ0) is 10.7. The van der Waals surface area contributed by atoms with Crippen molar-refractivity contribution in [3.05, 3.63) is 35.1 Å². The smallest absolute Gasteiger partial charge is 0.161 e. The SMILES string of the molecule is CNC(C)Cc1cc(F)c(F)cc1F. The van der Waals surface area contributed by atoms with Crippen molar-refractivity contribution < 1.29 is 13.2 Å². The highest BCUT2D eigenvalue weighted by Gasteiger charge is 2.11. The number of halogens is 3. The number of rotatable bonds is 3.